The van der Waals surface area contributed by atoms with E-state index in [1.807, 2.05) is 11.4 Å². The summed E-state index contributed by atoms with van der Waals surface area (Å²) in [4.78, 5) is 1.10. The first-order valence-electron chi connectivity index (χ1n) is 4.44. The summed E-state index contributed by atoms with van der Waals surface area (Å²) in [5.74, 6) is 0. The Labute approximate surface area is 100 Å². The molecule has 5 heteroatoms. The van der Waals surface area contributed by atoms with Gasteiger partial charge < -0.3 is 11.5 Å². The summed E-state index contributed by atoms with van der Waals surface area (Å²) in [6.07, 6.45) is 3.08. The van der Waals surface area contributed by atoms with Gasteiger partial charge >= 0.3 is 0 Å². The molecular weight excluding hydrogens is 239 g/mol. The van der Waals surface area contributed by atoms with Crippen LogP contribution in [0.1, 0.15) is 30.2 Å². The Bertz CT molecular complexity index is 253. The predicted molar refractivity (Wildman–Crippen MR) is 66.4 cm³/mol. The molecule has 14 heavy (non-hydrogen) atoms. The van der Waals surface area contributed by atoms with E-state index in [-0.39, 0.29) is 18.4 Å². The predicted octanol–water partition coefficient (Wildman–Crippen LogP) is 2.95. The Morgan fingerprint density at radius 1 is 1.43 bits per heavy atom. The fourth-order valence-electron chi connectivity index (χ4n) is 1.21. The molecule has 0 radical (unpaired) electrons. The minimum atomic E-state index is 0. The first-order chi connectivity index (χ1) is 6.25. The second-order valence-electron chi connectivity index (χ2n) is 3.02. The molecule has 0 aromatic carbocycles. The first kappa shape index (κ1) is 14.2. The molecule has 2 nitrogen and oxygen atoms in total. The van der Waals surface area contributed by atoms with Gasteiger partial charge in [0.2, 0.25) is 0 Å². The standard InChI is InChI=1S/C9H15ClN2S.ClH/c10-7-4-6-13-9(7)8(12)3-1-2-5-11;/h4,6,8H,1-3,5,11-12H2;1H/t8-;/m0./s1. The van der Waals surface area contributed by atoms with E-state index in [9.17, 15) is 0 Å². The molecule has 1 aromatic rings. The monoisotopic (exact) mass is 254 g/mol. The summed E-state index contributed by atoms with van der Waals surface area (Å²) in [6, 6.07) is 1.98. The van der Waals surface area contributed by atoms with E-state index in [4.69, 9.17) is 23.1 Å². The highest BCUT2D eigenvalue weighted by Crippen LogP contribution is 2.29. The number of unbranched alkanes of at least 4 members (excludes halogenated alkanes) is 1. The van der Waals surface area contributed by atoms with Crippen LogP contribution in [0.25, 0.3) is 0 Å². The number of rotatable bonds is 5. The number of halogens is 2. The van der Waals surface area contributed by atoms with Gasteiger partial charge in [-0.25, -0.2) is 0 Å². The van der Waals surface area contributed by atoms with E-state index < -0.39 is 0 Å². The van der Waals surface area contributed by atoms with Crippen LogP contribution in [0.3, 0.4) is 0 Å². The molecule has 0 amide bonds. The topological polar surface area (TPSA) is 52.0 Å². The number of thiophene rings is 1. The molecule has 0 aliphatic heterocycles. The second kappa shape index (κ2) is 7.49. The van der Waals surface area contributed by atoms with Crippen LogP contribution in [0.15, 0.2) is 11.4 Å². The molecule has 4 N–H and O–H groups in total. The highest BCUT2D eigenvalue weighted by atomic mass is 35.5. The van der Waals surface area contributed by atoms with Gasteiger partial charge in [-0.2, -0.15) is 0 Å². The van der Waals surface area contributed by atoms with Gasteiger partial charge in [-0.15, -0.1) is 23.7 Å². The highest BCUT2D eigenvalue weighted by Gasteiger charge is 2.10. The van der Waals surface area contributed by atoms with Gasteiger partial charge in [0, 0.05) is 10.9 Å². The van der Waals surface area contributed by atoms with Gasteiger partial charge in [-0.3, -0.25) is 0 Å². The van der Waals surface area contributed by atoms with E-state index in [1.165, 1.54) is 0 Å². The van der Waals surface area contributed by atoms with E-state index in [0.29, 0.717) is 0 Å². The lowest BCUT2D eigenvalue weighted by Crippen LogP contribution is -2.09. The fourth-order valence-corrected chi connectivity index (χ4v) is 2.45. The largest absolute Gasteiger partial charge is 0.330 e. The quantitative estimate of drug-likeness (QED) is 0.795. The maximum atomic E-state index is 5.97. The molecule has 1 heterocycles. The van der Waals surface area contributed by atoms with Gasteiger partial charge in [-0.1, -0.05) is 18.0 Å². The third-order valence-corrected chi connectivity index (χ3v) is 3.44. The fraction of sp³-hybridized carbons (Fsp3) is 0.556. The average molecular weight is 255 g/mol. The number of nitrogens with two attached hydrogens (primary N) is 2. The minimum absolute atomic E-state index is 0. The molecule has 82 valence electrons. The summed E-state index contributed by atoms with van der Waals surface area (Å²) in [5, 5.41) is 2.77. The van der Waals surface area contributed by atoms with Gasteiger partial charge in [0.25, 0.3) is 0 Å². The molecule has 0 bridgehead atoms. The summed E-state index contributed by atoms with van der Waals surface area (Å²) in [5.41, 5.74) is 11.4. The normalized spacial score (nSPS) is 12.2. The zero-order valence-corrected chi connectivity index (χ0v) is 10.3. The van der Waals surface area contributed by atoms with Crippen LogP contribution >= 0.6 is 35.3 Å². The van der Waals surface area contributed by atoms with Gasteiger partial charge in [0.15, 0.2) is 0 Å². The van der Waals surface area contributed by atoms with E-state index >= 15 is 0 Å². The van der Waals surface area contributed by atoms with Gasteiger partial charge in [-0.05, 0) is 30.8 Å². The van der Waals surface area contributed by atoms with Crippen LogP contribution in [0.2, 0.25) is 5.02 Å². The molecule has 0 fully saturated rings. The zero-order valence-electron chi connectivity index (χ0n) is 7.91. The Morgan fingerprint density at radius 2 is 2.14 bits per heavy atom. The third kappa shape index (κ3) is 4.15. The van der Waals surface area contributed by atoms with Crippen molar-refractivity contribution in [2.45, 2.75) is 25.3 Å². The van der Waals surface area contributed by atoms with Crippen LogP contribution in [0, 0.1) is 0 Å². The average Bonchev–Trinajstić information content (AvgIpc) is 2.52. The molecule has 1 rings (SSSR count). The van der Waals surface area contributed by atoms with Crippen molar-refractivity contribution < 1.29 is 0 Å². The molecular formula is C9H16Cl2N2S. The van der Waals surface area contributed by atoms with Crippen molar-refractivity contribution in [1.82, 2.24) is 0 Å². The SMILES string of the molecule is Cl.NCCCC[C@H](N)c1sccc1Cl. The second-order valence-corrected chi connectivity index (χ2v) is 4.38. The zero-order chi connectivity index (χ0) is 9.68. The van der Waals surface area contributed by atoms with Crippen LogP contribution < -0.4 is 11.5 Å². The molecule has 0 saturated heterocycles. The molecule has 0 saturated carbocycles. The Morgan fingerprint density at radius 3 is 2.64 bits per heavy atom. The van der Waals surface area contributed by atoms with Crippen molar-refractivity contribution in [3.8, 4) is 0 Å². The maximum Gasteiger partial charge on any atom is 0.0561 e. The van der Waals surface area contributed by atoms with Crippen molar-refractivity contribution >= 4 is 35.3 Å². The van der Waals surface area contributed by atoms with Crippen molar-refractivity contribution in [1.29, 1.82) is 0 Å². The Kier molecular flexibility index (Phi) is 7.59. The third-order valence-electron chi connectivity index (χ3n) is 1.95. The van der Waals surface area contributed by atoms with Gasteiger partial charge in [0.05, 0.1) is 5.02 Å². The minimum Gasteiger partial charge on any atom is -0.330 e. The molecule has 0 spiro atoms. The lowest BCUT2D eigenvalue weighted by molar-refractivity contribution is 0.598. The van der Waals surface area contributed by atoms with Crippen LogP contribution in [0.4, 0.5) is 0 Å². The molecule has 0 unspecified atom stereocenters. The molecule has 1 aromatic heterocycles. The summed E-state index contributed by atoms with van der Waals surface area (Å²) < 4.78 is 0. The van der Waals surface area contributed by atoms with Crippen molar-refractivity contribution in [3.63, 3.8) is 0 Å². The van der Waals surface area contributed by atoms with Crippen molar-refractivity contribution in [2.75, 3.05) is 6.54 Å². The summed E-state index contributed by atoms with van der Waals surface area (Å²) in [7, 11) is 0. The smallest absolute Gasteiger partial charge is 0.0561 e. The van der Waals surface area contributed by atoms with Crippen molar-refractivity contribution in [3.05, 3.63) is 21.3 Å². The van der Waals surface area contributed by atoms with Crippen LogP contribution in [-0.2, 0) is 0 Å². The van der Waals surface area contributed by atoms with E-state index in [2.05, 4.69) is 0 Å². The van der Waals surface area contributed by atoms with Gasteiger partial charge in [0.1, 0.15) is 0 Å². The number of hydrogen-bond donors (Lipinski definition) is 2. The molecule has 1 atom stereocenters. The van der Waals surface area contributed by atoms with E-state index in [1.54, 1.807) is 11.3 Å². The maximum absolute atomic E-state index is 5.97. The lowest BCUT2D eigenvalue weighted by Gasteiger charge is -2.09. The molecule has 0 aliphatic carbocycles. The summed E-state index contributed by atoms with van der Waals surface area (Å²) in [6.45, 7) is 0.741. The van der Waals surface area contributed by atoms with E-state index in [0.717, 1.165) is 35.7 Å². The van der Waals surface area contributed by atoms with Crippen molar-refractivity contribution in [2.24, 2.45) is 11.5 Å². The van der Waals surface area contributed by atoms with Crippen LogP contribution in [0.5, 0.6) is 0 Å². The first-order valence-corrected chi connectivity index (χ1v) is 5.70. The lowest BCUT2D eigenvalue weighted by atomic mass is 10.1. The molecule has 0 aliphatic rings. The Hall–Kier alpha value is 0.200. The highest BCUT2D eigenvalue weighted by molar-refractivity contribution is 7.10. The number of hydrogen-bond acceptors (Lipinski definition) is 3. The Balaban J connectivity index is 0.00000169. The summed E-state index contributed by atoms with van der Waals surface area (Å²) >= 11 is 7.58. The van der Waals surface area contributed by atoms with Crippen LogP contribution in [-0.4, -0.2) is 6.54 Å².